The lowest BCUT2D eigenvalue weighted by atomic mass is 10.3. The Morgan fingerprint density at radius 2 is 2.00 bits per heavy atom. The summed E-state index contributed by atoms with van der Waals surface area (Å²) in [6.07, 6.45) is 5.63. The normalized spacial score (nSPS) is 11.2. The van der Waals surface area contributed by atoms with Gasteiger partial charge in [0.05, 0.1) is 5.69 Å². The molecule has 1 aromatic carbocycles. The Morgan fingerprint density at radius 1 is 1.13 bits per heavy atom. The number of fused-ring (bicyclic) bond motifs is 1. The molecule has 0 aliphatic heterocycles. The second-order valence-electron chi connectivity index (χ2n) is 4.95. The molecule has 114 valence electrons. The minimum atomic E-state index is 0.686. The number of rotatable bonds is 4. The van der Waals surface area contributed by atoms with E-state index in [-0.39, 0.29) is 0 Å². The second-order valence-corrected chi connectivity index (χ2v) is 6.33. The molecule has 0 aliphatic rings. The molecule has 0 saturated carbocycles. The number of hydrogen-bond acceptors (Lipinski definition) is 4. The molecular weight excluding hydrogens is 330 g/mol. The van der Waals surface area contributed by atoms with Gasteiger partial charge in [-0.1, -0.05) is 41.6 Å². The third kappa shape index (κ3) is 2.95. The fraction of sp³-hybridized carbons (Fsp3) is 0.0625. The van der Waals surface area contributed by atoms with Crippen LogP contribution in [0.15, 0.2) is 66.3 Å². The van der Waals surface area contributed by atoms with Crippen LogP contribution < -0.4 is 0 Å². The Balaban J connectivity index is 1.56. The largest absolute Gasteiger partial charge is 0.307 e. The molecule has 23 heavy (non-hydrogen) atoms. The van der Waals surface area contributed by atoms with Crippen LogP contribution in [0.1, 0.15) is 5.69 Å². The molecule has 0 unspecified atom stereocenters. The van der Waals surface area contributed by atoms with Crippen LogP contribution in [0.4, 0.5) is 0 Å². The minimum absolute atomic E-state index is 0.686. The highest BCUT2D eigenvalue weighted by Gasteiger charge is 2.09. The minimum Gasteiger partial charge on any atom is -0.307 e. The van der Waals surface area contributed by atoms with Crippen molar-refractivity contribution < 1.29 is 0 Å². The van der Waals surface area contributed by atoms with Crippen molar-refractivity contribution in [3.63, 3.8) is 0 Å². The van der Waals surface area contributed by atoms with Crippen LogP contribution in [0.5, 0.6) is 0 Å². The SMILES string of the molecule is Clc1ccn2cc(CSc3nncn3-c3ccccc3)nc2c1. The van der Waals surface area contributed by atoms with Crippen LogP contribution in [0.3, 0.4) is 0 Å². The van der Waals surface area contributed by atoms with Crippen molar-refractivity contribution >= 4 is 29.0 Å². The predicted octanol–water partition coefficient (Wildman–Crippen LogP) is 3.86. The first-order chi connectivity index (χ1) is 11.3. The Labute approximate surface area is 142 Å². The van der Waals surface area contributed by atoms with Gasteiger partial charge in [0.15, 0.2) is 5.16 Å². The number of benzene rings is 1. The van der Waals surface area contributed by atoms with Crippen LogP contribution in [0.2, 0.25) is 5.02 Å². The van der Waals surface area contributed by atoms with E-state index in [0.717, 1.165) is 22.2 Å². The van der Waals surface area contributed by atoms with E-state index in [2.05, 4.69) is 15.2 Å². The van der Waals surface area contributed by atoms with E-state index in [4.69, 9.17) is 11.6 Å². The molecule has 0 spiro atoms. The Bertz CT molecular complexity index is 947. The zero-order valence-electron chi connectivity index (χ0n) is 12.0. The number of para-hydroxylation sites is 1. The quantitative estimate of drug-likeness (QED) is 0.529. The summed E-state index contributed by atoms with van der Waals surface area (Å²) in [5.74, 6) is 0.713. The fourth-order valence-corrected chi connectivity index (χ4v) is 3.27. The van der Waals surface area contributed by atoms with Gasteiger partial charge in [-0.3, -0.25) is 4.57 Å². The number of hydrogen-bond donors (Lipinski definition) is 0. The maximum Gasteiger partial charge on any atom is 0.195 e. The van der Waals surface area contributed by atoms with Gasteiger partial charge in [-0.25, -0.2) is 4.98 Å². The third-order valence-corrected chi connectivity index (χ3v) is 4.58. The molecule has 4 rings (SSSR count). The molecule has 0 saturated heterocycles. The standard InChI is InChI=1S/C16H12ClN5S/c17-12-6-7-21-9-13(19-15(21)8-12)10-23-16-20-18-11-22(16)14-4-2-1-3-5-14/h1-9,11H,10H2. The van der Waals surface area contributed by atoms with Gasteiger partial charge in [0.2, 0.25) is 0 Å². The van der Waals surface area contributed by atoms with Crippen molar-refractivity contribution in [2.45, 2.75) is 10.9 Å². The van der Waals surface area contributed by atoms with Crippen LogP contribution in [0.25, 0.3) is 11.3 Å². The maximum atomic E-state index is 5.99. The molecule has 0 bridgehead atoms. The van der Waals surface area contributed by atoms with E-state index >= 15 is 0 Å². The van der Waals surface area contributed by atoms with Gasteiger partial charge < -0.3 is 4.40 Å². The van der Waals surface area contributed by atoms with Crippen molar-refractivity contribution in [2.24, 2.45) is 0 Å². The number of pyridine rings is 1. The molecule has 0 fully saturated rings. The Morgan fingerprint density at radius 3 is 2.87 bits per heavy atom. The fourth-order valence-electron chi connectivity index (χ4n) is 2.31. The van der Waals surface area contributed by atoms with Crippen LogP contribution in [0, 0.1) is 0 Å². The number of thioether (sulfide) groups is 1. The number of nitrogens with zero attached hydrogens (tertiary/aromatic N) is 5. The number of imidazole rings is 1. The topological polar surface area (TPSA) is 48.0 Å². The molecule has 5 nitrogen and oxygen atoms in total. The van der Waals surface area contributed by atoms with Gasteiger partial charge in [0.25, 0.3) is 0 Å². The lowest BCUT2D eigenvalue weighted by Gasteiger charge is -2.04. The highest BCUT2D eigenvalue weighted by atomic mass is 35.5. The lowest BCUT2D eigenvalue weighted by molar-refractivity contribution is 0.883. The van der Waals surface area contributed by atoms with Crippen molar-refractivity contribution in [1.82, 2.24) is 24.1 Å². The van der Waals surface area contributed by atoms with E-state index in [0.29, 0.717) is 10.8 Å². The first-order valence-corrected chi connectivity index (χ1v) is 8.37. The summed E-state index contributed by atoms with van der Waals surface area (Å²) in [6, 6.07) is 13.7. The third-order valence-electron chi connectivity index (χ3n) is 3.37. The van der Waals surface area contributed by atoms with Crippen molar-refractivity contribution in [3.8, 4) is 5.69 Å². The summed E-state index contributed by atoms with van der Waals surface area (Å²) in [5.41, 5.74) is 2.86. The summed E-state index contributed by atoms with van der Waals surface area (Å²) in [4.78, 5) is 4.58. The first-order valence-electron chi connectivity index (χ1n) is 7.01. The molecule has 3 heterocycles. The van der Waals surface area contributed by atoms with Gasteiger partial charge in [-0.15, -0.1) is 10.2 Å². The van der Waals surface area contributed by atoms with Gasteiger partial charge in [0.1, 0.15) is 12.0 Å². The van der Waals surface area contributed by atoms with Crippen LogP contribution in [-0.2, 0) is 5.75 Å². The monoisotopic (exact) mass is 341 g/mol. The smallest absolute Gasteiger partial charge is 0.195 e. The van der Waals surface area contributed by atoms with E-state index in [1.807, 2.05) is 63.8 Å². The molecule has 0 radical (unpaired) electrons. The van der Waals surface area contributed by atoms with E-state index in [1.165, 1.54) is 0 Å². The molecule has 0 amide bonds. The maximum absolute atomic E-state index is 5.99. The summed E-state index contributed by atoms with van der Waals surface area (Å²) >= 11 is 7.60. The summed E-state index contributed by atoms with van der Waals surface area (Å²) in [5, 5.41) is 9.74. The number of aromatic nitrogens is 5. The molecule has 0 aliphatic carbocycles. The molecular formula is C16H12ClN5S. The highest BCUT2D eigenvalue weighted by Crippen LogP contribution is 2.23. The Hall–Kier alpha value is -2.31. The highest BCUT2D eigenvalue weighted by molar-refractivity contribution is 7.98. The van der Waals surface area contributed by atoms with Crippen molar-refractivity contribution in [2.75, 3.05) is 0 Å². The summed E-state index contributed by atoms with van der Waals surface area (Å²) < 4.78 is 3.93. The lowest BCUT2D eigenvalue weighted by Crippen LogP contribution is -1.94. The summed E-state index contributed by atoms with van der Waals surface area (Å²) in [7, 11) is 0. The van der Waals surface area contributed by atoms with Gasteiger partial charge in [0, 0.05) is 28.9 Å². The zero-order chi connectivity index (χ0) is 15.6. The van der Waals surface area contributed by atoms with Crippen molar-refractivity contribution in [1.29, 1.82) is 0 Å². The van der Waals surface area contributed by atoms with Gasteiger partial charge in [-0.05, 0) is 24.3 Å². The zero-order valence-corrected chi connectivity index (χ0v) is 13.6. The number of halogens is 1. The van der Waals surface area contributed by atoms with Crippen LogP contribution in [-0.4, -0.2) is 24.1 Å². The second kappa shape index (κ2) is 6.06. The average molecular weight is 342 g/mol. The predicted molar refractivity (Wildman–Crippen MR) is 91.1 cm³/mol. The molecule has 0 N–H and O–H groups in total. The van der Waals surface area contributed by atoms with Crippen LogP contribution >= 0.6 is 23.4 Å². The van der Waals surface area contributed by atoms with Gasteiger partial charge in [-0.2, -0.15) is 0 Å². The average Bonchev–Trinajstić information content (AvgIpc) is 3.19. The molecule has 0 atom stereocenters. The summed E-state index contributed by atoms with van der Waals surface area (Å²) in [6.45, 7) is 0. The van der Waals surface area contributed by atoms with Gasteiger partial charge >= 0.3 is 0 Å². The van der Waals surface area contributed by atoms with Crippen molar-refractivity contribution in [3.05, 3.63) is 71.9 Å². The van der Waals surface area contributed by atoms with E-state index in [1.54, 1.807) is 18.1 Å². The molecule has 3 aromatic heterocycles. The molecule has 7 heteroatoms. The van der Waals surface area contributed by atoms with E-state index < -0.39 is 0 Å². The Kier molecular flexibility index (Phi) is 3.77. The molecule has 4 aromatic rings. The van der Waals surface area contributed by atoms with E-state index in [9.17, 15) is 0 Å². The first kappa shape index (κ1) is 14.3.